The van der Waals surface area contributed by atoms with E-state index in [1.165, 1.54) is 11.9 Å². The van der Waals surface area contributed by atoms with Crippen LogP contribution in [-0.2, 0) is 11.0 Å². The molecule has 9 heteroatoms. The normalized spacial score (nSPS) is 11.6. The average molecular weight is 311 g/mol. The van der Waals surface area contributed by atoms with Crippen LogP contribution in [0.15, 0.2) is 6.07 Å². The van der Waals surface area contributed by atoms with Crippen LogP contribution in [0.25, 0.3) is 0 Å². The topological polar surface area (TPSA) is 58.1 Å². The van der Waals surface area contributed by atoms with E-state index < -0.39 is 17.2 Å². The Kier molecular flexibility index (Phi) is 5.15. The van der Waals surface area contributed by atoms with Gasteiger partial charge in [-0.15, -0.1) is 0 Å². The van der Waals surface area contributed by atoms with Crippen LogP contribution in [0.4, 0.5) is 19.0 Å². The molecule has 0 atom stereocenters. The van der Waals surface area contributed by atoms with Crippen molar-refractivity contribution < 1.29 is 18.0 Å². The zero-order chi connectivity index (χ0) is 15.5. The monoisotopic (exact) mass is 310 g/mol. The molecule has 1 heterocycles. The first kappa shape index (κ1) is 16.5. The largest absolute Gasteiger partial charge is 0.433 e. The first-order valence-electron chi connectivity index (χ1n) is 5.72. The zero-order valence-corrected chi connectivity index (χ0v) is 11.9. The number of nitrogens with zero attached hydrogens (tertiary/aromatic N) is 3. The summed E-state index contributed by atoms with van der Waals surface area (Å²) in [7, 11) is 1.44. The van der Waals surface area contributed by atoms with E-state index in [4.69, 9.17) is 11.6 Å². The average Bonchev–Trinajstić information content (AvgIpc) is 2.25. The van der Waals surface area contributed by atoms with Gasteiger partial charge in [0.1, 0.15) is 5.82 Å². The Morgan fingerprint density at radius 1 is 1.45 bits per heavy atom. The molecule has 5 nitrogen and oxygen atoms in total. The molecule has 0 aliphatic rings. The van der Waals surface area contributed by atoms with Gasteiger partial charge in [0, 0.05) is 19.2 Å². The molecule has 1 N–H and O–H groups in total. The number of nitrogens with one attached hydrogen (secondary N) is 1. The summed E-state index contributed by atoms with van der Waals surface area (Å²) in [5.74, 6) is -0.401. The highest BCUT2D eigenvalue weighted by molar-refractivity contribution is 6.28. The van der Waals surface area contributed by atoms with Crippen molar-refractivity contribution in [2.45, 2.75) is 26.1 Å². The molecule has 0 aliphatic heterocycles. The van der Waals surface area contributed by atoms with Crippen molar-refractivity contribution in [1.29, 1.82) is 0 Å². The molecule has 20 heavy (non-hydrogen) atoms. The van der Waals surface area contributed by atoms with Gasteiger partial charge in [0.15, 0.2) is 5.69 Å². The van der Waals surface area contributed by atoms with Gasteiger partial charge in [0.05, 0.1) is 6.54 Å². The maximum Gasteiger partial charge on any atom is 0.433 e. The van der Waals surface area contributed by atoms with Gasteiger partial charge in [0.25, 0.3) is 0 Å². The smallest absolute Gasteiger partial charge is 0.352 e. The van der Waals surface area contributed by atoms with E-state index in [1.807, 2.05) is 0 Å². The number of aromatic nitrogens is 2. The molecule has 1 amide bonds. The quantitative estimate of drug-likeness (QED) is 0.865. The van der Waals surface area contributed by atoms with E-state index >= 15 is 0 Å². The maximum atomic E-state index is 12.6. The molecule has 112 valence electrons. The molecule has 1 aromatic rings. The maximum absolute atomic E-state index is 12.6. The highest BCUT2D eigenvalue weighted by Gasteiger charge is 2.34. The number of anilines is 1. The molecular formula is C11H14ClF3N4O. The summed E-state index contributed by atoms with van der Waals surface area (Å²) in [4.78, 5) is 19.6. The fourth-order valence-electron chi connectivity index (χ4n) is 1.41. The number of hydrogen-bond acceptors (Lipinski definition) is 4. The lowest BCUT2D eigenvalue weighted by Gasteiger charge is -2.19. The Morgan fingerprint density at radius 2 is 2.05 bits per heavy atom. The number of carbonyl (C=O) groups excluding carboxylic acids is 1. The molecule has 0 saturated carbocycles. The predicted octanol–water partition coefficient (Wildman–Crippen LogP) is 2.11. The third kappa shape index (κ3) is 4.84. The Labute approximate surface area is 119 Å². The van der Waals surface area contributed by atoms with Gasteiger partial charge in [-0.3, -0.25) is 4.79 Å². The van der Waals surface area contributed by atoms with Crippen molar-refractivity contribution in [3.63, 3.8) is 0 Å². The van der Waals surface area contributed by atoms with E-state index in [0.717, 1.165) is 6.07 Å². The molecular weight excluding hydrogens is 297 g/mol. The SMILES string of the molecule is CC(C)NC(=O)CN(C)c1cc(C(F)(F)F)nc(Cl)n1. The summed E-state index contributed by atoms with van der Waals surface area (Å²) in [6.45, 7) is 3.42. The second-order valence-electron chi connectivity index (χ2n) is 4.46. The van der Waals surface area contributed by atoms with Crippen LogP contribution in [0.1, 0.15) is 19.5 Å². The summed E-state index contributed by atoms with van der Waals surface area (Å²) in [6, 6.07) is 0.685. The molecule has 1 aromatic heterocycles. The third-order valence-electron chi connectivity index (χ3n) is 2.20. The van der Waals surface area contributed by atoms with Crippen molar-refractivity contribution in [2.24, 2.45) is 0 Å². The number of amides is 1. The van der Waals surface area contributed by atoms with Gasteiger partial charge in [-0.05, 0) is 25.4 Å². The molecule has 0 spiro atoms. The second-order valence-corrected chi connectivity index (χ2v) is 4.79. The molecule has 0 aliphatic carbocycles. The van der Waals surface area contributed by atoms with Crippen LogP contribution < -0.4 is 10.2 Å². The summed E-state index contributed by atoms with van der Waals surface area (Å²) in [5, 5.41) is 2.10. The first-order valence-corrected chi connectivity index (χ1v) is 6.09. The fourth-order valence-corrected chi connectivity index (χ4v) is 1.59. The van der Waals surface area contributed by atoms with Gasteiger partial charge in [-0.2, -0.15) is 13.2 Å². The van der Waals surface area contributed by atoms with Crippen molar-refractivity contribution >= 4 is 23.3 Å². The van der Waals surface area contributed by atoms with E-state index in [0.29, 0.717) is 0 Å². The van der Waals surface area contributed by atoms with Gasteiger partial charge in [-0.1, -0.05) is 0 Å². The van der Waals surface area contributed by atoms with Gasteiger partial charge >= 0.3 is 6.18 Å². The molecule has 0 fully saturated rings. The molecule has 0 saturated heterocycles. The van der Waals surface area contributed by atoms with Crippen LogP contribution >= 0.6 is 11.6 Å². The first-order chi connectivity index (χ1) is 9.09. The number of halogens is 4. The molecule has 0 unspecified atom stereocenters. The molecule has 0 bridgehead atoms. The van der Waals surface area contributed by atoms with Crippen LogP contribution in [0.5, 0.6) is 0 Å². The van der Waals surface area contributed by atoms with Gasteiger partial charge < -0.3 is 10.2 Å². The Hall–Kier alpha value is -1.57. The lowest BCUT2D eigenvalue weighted by atomic mass is 10.3. The number of hydrogen-bond donors (Lipinski definition) is 1. The Morgan fingerprint density at radius 3 is 2.55 bits per heavy atom. The Bertz CT molecular complexity index is 493. The number of rotatable bonds is 4. The minimum absolute atomic E-state index is 0.0596. The van der Waals surface area contributed by atoms with Crippen LogP contribution in [-0.4, -0.2) is 35.5 Å². The molecule has 0 aromatic carbocycles. The zero-order valence-electron chi connectivity index (χ0n) is 11.1. The van der Waals surface area contributed by atoms with Gasteiger partial charge in [-0.25, -0.2) is 9.97 Å². The predicted molar refractivity (Wildman–Crippen MR) is 68.6 cm³/mol. The van der Waals surface area contributed by atoms with E-state index in [-0.39, 0.29) is 24.3 Å². The standard InChI is InChI=1S/C11H14ClF3N4O/c1-6(2)16-9(20)5-19(3)8-4-7(11(13,14)15)17-10(12)18-8/h4,6H,5H2,1-3H3,(H,16,20). The van der Waals surface area contributed by atoms with E-state index in [2.05, 4.69) is 15.3 Å². The number of likely N-dealkylation sites (N-methyl/N-ethyl adjacent to an activating group) is 1. The van der Waals surface area contributed by atoms with Crippen molar-refractivity contribution in [3.8, 4) is 0 Å². The highest BCUT2D eigenvalue weighted by Crippen LogP contribution is 2.30. The van der Waals surface area contributed by atoms with Crippen molar-refractivity contribution in [2.75, 3.05) is 18.5 Å². The van der Waals surface area contributed by atoms with Crippen molar-refractivity contribution in [1.82, 2.24) is 15.3 Å². The fraction of sp³-hybridized carbons (Fsp3) is 0.545. The molecule has 0 radical (unpaired) electrons. The number of carbonyl (C=O) groups is 1. The van der Waals surface area contributed by atoms with E-state index in [9.17, 15) is 18.0 Å². The van der Waals surface area contributed by atoms with Crippen molar-refractivity contribution in [3.05, 3.63) is 17.0 Å². The highest BCUT2D eigenvalue weighted by atomic mass is 35.5. The van der Waals surface area contributed by atoms with Crippen LogP contribution in [0, 0.1) is 0 Å². The summed E-state index contributed by atoms with van der Waals surface area (Å²) in [5.41, 5.74) is -1.15. The van der Waals surface area contributed by atoms with Crippen LogP contribution in [0.3, 0.4) is 0 Å². The Balaban J connectivity index is 2.90. The van der Waals surface area contributed by atoms with Crippen LogP contribution in [0.2, 0.25) is 5.28 Å². The lowest BCUT2D eigenvalue weighted by Crippen LogP contribution is -2.39. The summed E-state index contributed by atoms with van der Waals surface area (Å²) >= 11 is 5.47. The second kappa shape index (κ2) is 6.25. The minimum atomic E-state index is -4.62. The van der Waals surface area contributed by atoms with E-state index in [1.54, 1.807) is 13.8 Å². The molecule has 1 rings (SSSR count). The van der Waals surface area contributed by atoms with Gasteiger partial charge in [0.2, 0.25) is 11.2 Å². The number of alkyl halides is 3. The third-order valence-corrected chi connectivity index (χ3v) is 2.37. The summed E-state index contributed by atoms with van der Waals surface area (Å²) in [6.07, 6.45) is -4.62. The minimum Gasteiger partial charge on any atom is -0.352 e. The summed E-state index contributed by atoms with van der Waals surface area (Å²) < 4.78 is 37.8. The lowest BCUT2D eigenvalue weighted by molar-refractivity contribution is -0.141.